The van der Waals surface area contributed by atoms with Crippen molar-refractivity contribution < 1.29 is 5.11 Å². The SMILES string of the molecule is CC1CCN(C(C)CCO)CC1. The van der Waals surface area contributed by atoms with Gasteiger partial charge in [-0.2, -0.15) is 0 Å². The number of likely N-dealkylation sites (tertiary alicyclic amines) is 1. The Labute approximate surface area is 75.6 Å². The van der Waals surface area contributed by atoms with E-state index in [-0.39, 0.29) is 0 Å². The number of aliphatic hydroxyl groups is 1. The molecule has 0 aromatic carbocycles. The van der Waals surface area contributed by atoms with Crippen LogP contribution in [0, 0.1) is 5.92 Å². The van der Waals surface area contributed by atoms with Crippen LogP contribution in [0.1, 0.15) is 33.1 Å². The zero-order valence-corrected chi connectivity index (χ0v) is 8.29. The molecule has 1 aliphatic heterocycles. The molecule has 12 heavy (non-hydrogen) atoms. The Morgan fingerprint density at radius 2 is 2.00 bits per heavy atom. The van der Waals surface area contributed by atoms with E-state index in [1.807, 2.05) is 0 Å². The van der Waals surface area contributed by atoms with Crippen LogP contribution >= 0.6 is 0 Å². The van der Waals surface area contributed by atoms with E-state index in [0.717, 1.165) is 12.3 Å². The molecule has 2 nitrogen and oxygen atoms in total. The Hall–Kier alpha value is -0.0800. The summed E-state index contributed by atoms with van der Waals surface area (Å²) < 4.78 is 0. The summed E-state index contributed by atoms with van der Waals surface area (Å²) in [5.41, 5.74) is 0. The van der Waals surface area contributed by atoms with Crippen molar-refractivity contribution in [2.45, 2.75) is 39.2 Å². The summed E-state index contributed by atoms with van der Waals surface area (Å²) in [6, 6.07) is 0.572. The molecule has 1 atom stereocenters. The van der Waals surface area contributed by atoms with Gasteiger partial charge in [-0.1, -0.05) is 6.92 Å². The Morgan fingerprint density at radius 1 is 1.42 bits per heavy atom. The summed E-state index contributed by atoms with van der Waals surface area (Å²) >= 11 is 0. The molecule has 1 heterocycles. The first kappa shape index (κ1) is 10.0. The summed E-state index contributed by atoms with van der Waals surface area (Å²) in [5, 5.41) is 8.79. The maximum Gasteiger partial charge on any atom is 0.0445 e. The van der Waals surface area contributed by atoms with Crippen molar-refractivity contribution in [2.24, 2.45) is 5.92 Å². The predicted octanol–water partition coefficient (Wildman–Crippen LogP) is 1.49. The van der Waals surface area contributed by atoms with Crippen LogP contribution in [0.2, 0.25) is 0 Å². The monoisotopic (exact) mass is 171 g/mol. The number of piperidine rings is 1. The molecule has 1 rings (SSSR count). The van der Waals surface area contributed by atoms with Crippen LogP contribution in [0.25, 0.3) is 0 Å². The molecule has 1 N–H and O–H groups in total. The van der Waals surface area contributed by atoms with Gasteiger partial charge in [0.1, 0.15) is 0 Å². The van der Waals surface area contributed by atoms with E-state index >= 15 is 0 Å². The highest BCUT2D eigenvalue weighted by molar-refractivity contribution is 4.73. The van der Waals surface area contributed by atoms with E-state index in [9.17, 15) is 0 Å². The predicted molar refractivity (Wildman–Crippen MR) is 51.1 cm³/mol. The minimum Gasteiger partial charge on any atom is -0.396 e. The van der Waals surface area contributed by atoms with Crippen LogP contribution in [0.15, 0.2) is 0 Å². The largest absolute Gasteiger partial charge is 0.396 e. The molecule has 1 aliphatic rings. The van der Waals surface area contributed by atoms with Gasteiger partial charge < -0.3 is 10.0 Å². The number of aliphatic hydroxyl groups excluding tert-OH is 1. The number of hydrogen-bond acceptors (Lipinski definition) is 2. The molecule has 0 amide bonds. The molecule has 0 bridgehead atoms. The van der Waals surface area contributed by atoms with Gasteiger partial charge in [-0.05, 0) is 45.2 Å². The van der Waals surface area contributed by atoms with E-state index in [1.165, 1.54) is 25.9 Å². The standard InChI is InChI=1S/C10H21NO/c1-9-3-6-11(7-4-9)10(2)5-8-12/h9-10,12H,3-8H2,1-2H3. The van der Waals surface area contributed by atoms with Crippen LogP contribution in [-0.4, -0.2) is 35.7 Å². The van der Waals surface area contributed by atoms with Gasteiger partial charge in [0.25, 0.3) is 0 Å². The normalized spacial score (nSPS) is 24.2. The maximum absolute atomic E-state index is 8.79. The average molecular weight is 171 g/mol. The van der Waals surface area contributed by atoms with Crippen molar-refractivity contribution in [3.8, 4) is 0 Å². The summed E-state index contributed by atoms with van der Waals surface area (Å²) in [6.45, 7) is 7.32. The van der Waals surface area contributed by atoms with Crippen LogP contribution in [0.5, 0.6) is 0 Å². The fraction of sp³-hybridized carbons (Fsp3) is 1.00. The van der Waals surface area contributed by atoms with Crippen LogP contribution in [-0.2, 0) is 0 Å². The first-order valence-electron chi connectivity index (χ1n) is 5.09. The summed E-state index contributed by atoms with van der Waals surface area (Å²) in [4.78, 5) is 2.50. The minimum atomic E-state index is 0.327. The van der Waals surface area contributed by atoms with E-state index in [2.05, 4.69) is 18.7 Å². The molecule has 1 unspecified atom stereocenters. The summed E-state index contributed by atoms with van der Waals surface area (Å²) in [6.07, 6.45) is 3.58. The fourth-order valence-electron chi connectivity index (χ4n) is 1.84. The Balaban J connectivity index is 2.24. The van der Waals surface area contributed by atoms with Gasteiger partial charge in [-0.15, -0.1) is 0 Å². The van der Waals surface area contributed by atoms with Crippen LogP contribution in [0.3, 0.4) is 0 Å². The van der Waals surface area contributed by atoms with Gasteiger partial charge in [-0.3, -0.25) is 0 Å². The third kappa shape index (κ3) is 2.76. The van der Waals surface area contributed by atoms with Crippen molar-refractivity contribution >= 4 is 0 Å². The van der Waals surface area contributed by atoms with Crippen LogP contribution < -0.4 is 0 Å². The third-order valence-electron chi connectivity index (χ3n) is 2.99. The number of hydrogen-bond donors (Lipinski definition) is 1. The molecule has 0 aliphatic carbocycles. The second-order valence-corrected chi connectivity index (χ2v) is 4.08. The van der Waals surface area contributed by atoms with E-state index < -0.39 is 0 Å². The molecule has 72 valence electrons. The smallest absolute Gasteiger partial charge is 0.0445 e. The molecule has 0 aromatic rings. The zero-order valence-electron chi connectivity index (χ0n) is 8.29. The van der Waals surface area contributed by atoms with Crippen molar-refractivity contribution in [1.29, 1.82) is 0 Å². The Kier molecular flexibility index (Phi) is 4.02. The Bertz CT molecular complexity index is 119. The van der Waals surface area contributed by atoms with Gasteiger partial charge in [0.15, 0.2) is 0 Å². The molecule has 2 heteroatoms. The van der Waals surface area contributed by atoms with Gasteiger partial charge in [-0.25, -0.2) is 0 Å². The summed E-state index contributed by atoms with van der Waals surface area (Å²) in [7, 11) is 0. The van der Waals surface area contributed by atoms with E-state index in [0.29, 0.717) is 12.6 Å². The lowest BCUT2D eigenvalue weighted by molar-refractivity contribution is 0.124. The molecule has 0 aromatic heterocycles. The molecular weight excluding hydrogens is 150 g/mol. The van der Waals surface area contributed by atoms with Crippen molar-refractivity contribution in [1.82, 2.24) is 4.90 Å². The molecule has 1 fully saturated rings. The lowest BCUT2D eigenvalue weighted by Gasteiger charge is -2.34. The van der Waals surface area contributed by atoms with Crippen LogP contribution in [0.4, 0.5) is 0 Å². The Morgan fingerprint density at radius 3 is 2.50 bits per heavy atom. The van der Waals surface area contributed by atoms with Gasteiger partial charge >= 0.3 is 0 Å². The lowest BCUT2D eigenvalue weighted by Crippen LogP contribution is -2.39. The molecule has 0 saturated carbocycles. The zero-order chi connectivity index (χ0) is 8.97. The maximum atomic E-state index is 8.79. The third-order valence-corrected chi connectivity index (χ3v) is 2.99. The second kappa shape index (κ2) is 4.83. The highest BCUT2D eigenvalue weighted by atomic mass is 16.3. The quantitative estimate of drug-likeness (QED) is 0.695. The van der Waals surface area contributed by atoms with Crippen molar-refractivity contribution in [3.05, 3.63) is 0 Å². The fourth-order valence-corrected chi connectivity index (χ4v) is 1.84. The topological polar surface area (TPSA) is 23.5 Å². The minimum absolute atomic E-state index is 0.327. The molecule has 0 spiro atoms. The van der Waals surface area contributed by atoms with E-state index in [4.69, 9.17) is 5.11 Å². The first-order chi connectivity index (χ1) is 5.74. The summed E-state index contributed by atoms with van der Waals surface area (Å²) in [5.74, 6) is 0.905. The van der Waals surface area contributed by atoms with Crippen molar-refractivity contribution in [3.63, 3.8) is 0 Å². The molecule has 0 radical (unpaired) electrons. The van der Waals surface area contributed by atoms with Gasteiger partial charge in [0.05, 0.1) is 0 Å². The highest BCUT2D eigenvalue weighted by Gasteiger charge is 2.19. The van der Waals surface area contributed by atoms with Gasteiger partial charge in [0, 0.05) is 12.6 Å². The number of nitrogens with zero attached hydrogens (tertiary/aromatic N) is 1. The van der Waals surface area contributed by atoms with Gasteiger partial charge in [0.2, 0.25) is 0 Å². The van der Waals surface area contributed by atoms with E-state index in [1.54, 1.807) is 0 Å². The highest BCUT2D eigenvalue weighted by Crippen LogP contribution is 2.18. The lowest BCUT2D eigenvalue weighted by atomic mass is 9.98. The first-order valence-corrected chi connectivity index (χ1v) is 5.09. The number of rotatable bonds is 3. The average Bonchev–Trinajstić information content (AvgIpc) is 2.06. The van der Waals surface area contributed by atoms with Crippen molar-refractivity contribution in [2.75, 3.05) is 19.7 Å². The molecular formula is C10H21NO. The second-order valence-electron chi connectivity index (χ2n) is 4.08. The molecule has 1 saturated heterocycles.